The normalized spacial score (nSPS) is 23.6. The van der Waals surface area contributed by atoms with Crippen LogP contribution in [0.25, 0.3) is 0 Å². The molecule has 1 saturated carbocycles. The highest BCUT2D eigenvalue weighted by atomic mass is 19.3. The van der Waals surface area contributed by atoms with Gasteiger partial charge in [-0.05, 0) is 42.9 Å². The first-order chi connectivity index (χ1) is 15.8. The molecule has 1 amide bonds. The largest absolute Gasteiger partial charge is 0.482 e. The summed E-state index contributed by atoms with van der Waals surface area (Å²) in [6.45, 7) is 7.66. The van der Waals surface area contributed by atoms with Crippen LogP contribution >= 0.6 is 0 Å². The van der Waals surface area contributed by atoms with Crippen molar-refractivity contribution in [2.75, 3.05) is 6.54 Å². The summed E-state index contributed by atoms with van der Waals surface area (Å²) in [7, 11) is 0. The Labute approximate surface area is 197 Å². The SMILES string of the molecule is CC1(C)CC(C)(C)CC(O)(C(F)(F)C(=O)N2CCC[C@H]2c2cc(COc3cncnc3)on2)C1. The Kier molecular flexibility index (Phi) is 6.16. The van der Waals surface area contributed by atoms with Crippen LogP contribution in [0.3, 0.4) is 0 Å². The maximum absolute atomic E-state index is 15.7. The van der Waals surface area contributed by atoms with Crippen molar-refractivity contribution in [2.45, 2.75) is 84.0 Å². The average molecular weight is 479 g/mol. The molecule has 2 aromatic heterocycles. The lowest BCUT2D eigenvalue weighted by Crippen LogP contribution is -2.62. The summed E-state index contributed by atoms with van der Waals surface area (Å²) in [6, 6.07) is 0.962. The lowest BCUT2D eigenvalue weighted by Gasteiger charge is -2.51. The summed E-state index contributed by atoms with van der Waals surface area (Å²) in [5.41, 5.74) is -3.06. The van der Waals surface area contributed by atoms with Gasteiger partial charge in [0, 0.05) is 12.6 Å². The lowest BCUT2D eigenvalue weighted by atomic mass is 9.58. The fourth-order valence-corrected chi connectivity index (χ4v) is 6.05. The van der Waals surface area contributed by atoms with Crippen LogP contribution in [-0.2, 0) is 11.4 Å². The molecule has 2 fully saturated rings. The van der Waals surface area contributed by atoms with Crippen molar-refractivity contribution in [3.8, 4) is 5.75 Å². The fraction of sp³-hybridized carbons (Fsp3) is 0.667. The standard InChI is InChI=1S/C24H32F2N4O4/c1-21(2)12-22(3,4)14-23(32,13-21)24(25,26)20(31)30-7-5-6-19(30)18-8-16(34-29-18)11-33-17-9-27-15-28-10-17/h8-10,15,19,32H,5-7,11-14H2,1-4H3/t19-/m0/s1. The molecule has 4 rings (SSSR count). The zero-order chi connectivity index (χ0) is 24.8. The second-order valence-electron chi connectivity index (χ2n) is 11.2. The Morgan fingerprint density at radius 3 is 2.50 bits per heavy atom. The molecule has 0 aromatic carbocycles. The number of nitrogens with zero attached hydrogens (tertiary/aromatic N) is 4. The van der Waals surface area contributed by atoms with E-state index in [0.29, 0.717) is 36.5 Å². The summed E-state index contributed by atoms with van der Waals surface area (Å²) in [5.74, 6) is -4.44. The molecule has 1 saturated heterocycles. The van der Waals surface area contributed by atoms with Crippen molar-refractivity contribution in [3.05, 3.63) is 36.2 Å². The van der Waals surface area contributed by atoms with Crippen molar-refractivity contribution >= 4 is 5.91 Å². The van der Waals surface area contributed by atoms with E-state index in [1.54, 1.807) is 6.07 Å². The van der Waals surface area contributed by atoms with Crippen molar-refractivity contribution in [1.29, 1.82) is 0 Å². The number of amides is 1. The van der Waals surface area contributed by atoms with Gasteiger partial charge in [-0.3, -0.25) is 4.79 Å². The van der Waals surface area contributed by atoms with E-state index in [-0.39, 0.29) is 26.0 Å². The van der Waals surface area contributed by atoms with Gasteiger partial charge in [0.15, 0.2) is 11.5 Å². The molecule has 34 heavy (non-hydrogen) atoms. The van der Waals surface area contributed by atoms with Crippen LogP contribution in [0.1, 0.15) is 77.3 Å². The van der Waals surface area contributed by atoms with Crippen LogP contribution in [0.2, 0.25) is 0 Å². The molecule has 8 nitrogen and oxygen atoms in total. The first-order valence-corrected chi connectivity index (χ1v) is 11.6. The van der Waals surface area contributed by atoms with Crippen molar-refractivity contribution in [1.82, 2.24) is 20.0 Å². The predicted molar refractivity (Wildman–Crippen MR) is 118 cm³/mol. The van der Waals surface area contributed by atoms with Gasteiger partial charge in [-0.2, -0.15) is 8.78 Å². The molecule has 0 spiro atoms. The predicted octanol–water partition coefficient (Wildman–Crippen LogP) is 4.31. The number of ether oxygens (including phenoxy) is 1. The van der Waals surface area contributed by atoms with Gasteiger partial charge in [0.1, 0.15) is 24.2 Å². The van der Waals surface area contributed by atoms with Crippen LogP contribution < -0.4 is 4.74 Å². The number of carbonyl (C=O) groups excluding carboxylic acids is 1. The third kappa shape index (κ3) is 4.78. The number of likely N-dealkylation sites (tertiary alicyclic amines) is 1. The Balaban J connectivity index is 1.50. The van der Waals surface area contributed by atoms with E-state index in [1.807, 2.05) is 27.7 Å². The molecule has 2 aromatic rings. The average Bonchev–Trinajstić information content (AvgIpc) is 3.39. The number of halogens is 2. The quantitative estimate of drug-likeness (QED) is 0.660. The molecule has 186 valence electrons. The first kappa shape index (κ1) is 24.5. The lowest BCUT2D eigenvalue weighted by molar-refractivity contribution is -0.231. The van der Waals surface area contributed by atoms with Crippen LogP contribution in [0, 0.1) is 10.8 Å². The molecular weight excluding hydrogens is 446 g/mol. The Hall–Kier alpha value is -2.62. The Morgan fingerprint density at radius 1 is 1.21 bits per heavy atom. The van der Waals surface area contributed by atoms with Gasteiger partial charge in [-0.15, -0.1) is 0 Å². The van der Waals surface area contributed by atoms with Gasteiger partial charge < -0.3 is 19.3 Å². The number of rotatable bonds is 6. The second-order valence-corrected chi connectivity index (χ2v) is 11.2. The monoisotopic (exact) mass is 478 g/mol. The molecule has 0 bridgehead atoms. The van der Waals surface area contributed by atoms with Crippen LogP contribution in [0.15, 0.2) is 29.3 Å². The number of aliphatic hydroxyl groups is 1. The highest BCUT2D eigenvalue weighted by molar-refractivity contribution is 5.85. The zero-order valence-electron chi connectivity index (χ0n) is 20.1. The van der Waals surface area contributed by atoms with Crippen molar-refractivity contribution in [2.24, 2.45) is 10.8 Å². The Morgan fingerprint density at radius 2 is 1.85 bits per heavy atom. The summed E-state index contributed by atoms with van der Waals surface area (Å²) in [6.07, 6.45) is 5.83. The minimum atomic E-state index is -3.92. The molecule has 1 aliphatic carbocycles. The highest BCUT2D eigenvalue weighted by Gasteiger charge is 2.65. The molecule has 0 unspecified atom stereocenters. The van der Waals surface area contributed by atoms with Crippen LogP contribution in [0.5, 0.6) is 5.75 Å². The molecule has 1 atom stereocenters. The van der Waals surface area contributed by atoms with E-state index in [4.69, 9.17) is 9.26 Å². The molecular formula is C24H32F2N4O4. The van der Waals surface area contributed by atoms with Crippen LogP contribution in [-0.4, -0.2) is 49.1 Å². The maximum Gasteiger partial charge on any atom is 0.352 e. The van der Waals surface area contributed by atoms with E-state index in [9.17, 15) is 9.90 Å². The third-order valence-electron chi connectivity index (χ3n) is 6.70. The molecule has 1 N–H and O–H groups in total. The summed E-state index contributed by atoms with van der Waals surface area (Å²) >= 11 is 0. The summed E-state index contributed by atoms with van der Waals surface area (Å²) in [5, 5.41) is 15.2. The maximum atomic E-state index is 15.7. The number of aromatic nitrogens is 3. The van der Waals surface area contributed by atoms with Gasteiger partial charge in [0.25, 0.3) is 5.91 Å². The van der Waals surface area contributed by atoms with Gasteiger partial charge in [-0.1, -0.05) is 32.9 Å². The summed E-state index contributed by atoms with van der Waals surface area (Å²) in [4.78, 5) is 22.1. The van der Waals surface area contributed by atoms with E-state index in [1.165, 1.54) is 18.7 Å². The summed E-state index contributed by atoms with van der Waals surface area (Å²) < 4.78 is 42.3. The molecule has 10 heteroatoms. The van der Waals surface area contributed by atoms with Gasteiger partial charge in [0.05, 0.1) is 18.4 Å². The number of carbonyl (C=O) groups is 1. The van der Waals surface area contributed by atoms with E-state index >= 15 is 8.78 Å². The molecule has 0 radical (unpaired) electrons. The smallest absolute Gasteiger partial charge is 0.352 e. The first-order valence-electron chi connectivity index (χ1n) is 11.6. The topological polar surface area (TPSA) is 102 Å². The second kappa shape index (κ2) is 8.55. The fourth-order valence-electron chi connectivity index (χ4n) is 6.05. The van der Waals surface area contributed by atoms with Gasteiger partial charge >= 0.3 is 5.92 Å². The van der Waals surface area contributed by atoms with Crippen molar-refractivity contribution in [3.63, 3.8) is 0 Å². The van der Waals surface area contributed by atoms with E-state index in [2.05, 4.69) is 15.1 Å². The van der Waals surface area contributed by atoms with E-state index in [0.717, 1.165) is 4.90 Å². The van der Waals surface area contributed by atoms with E-state index < -0.39 is 34.3 Å². The third-order valence-corrected chi connectivity index (χ3v) is 6.70. The molecule has 2 aliphatic rings. The molecule has 3 heterocycles. The number of hydrogen-bond acceptors (Lipinski definition) is 7. The molecule has 1 aliphatic heterocycles. The highest BCUT2D eigenvalue weighted by Crippen LogP contribution is 2.55. The number of alkyl halides is 2. The van der Waals surface area contributed by atoms with Gasteiger partial charge in [0.2, 0.25) is 0 Å². The van der Waals surface area contributed by atoms with Crippen LogP contribution in [0.4, 0.5) is 8.78 Å². The minimum Gasteiger partial charge on any atom is -0.482 e. The number of hydrogen-bond donors (Lipinski definition) is 1. The van der Waals surface area contributed by atoms with Gasteiger partial charge in [-0.25, -0.2) is 9.97 Å². The Bertz CT molecular complexity index is 1010. The minimum absolute atomic E-state index is 0.0567. The van der Waals surface area contributed by atoms with Crippen molar-refractivity contribution < 1.29 is 27.9 Å². The zero-order valence-corrected chi connectivity index (χ0v) is 20.1.